The Morgan fingerprint density at radius 2 is 1.69 bits per heavy atom. The summed E-state index contributed by atoms with van der Waals surface area (Å²) in [6.45, 7) is 5.69. The molecule has 0 amide bonds. The Balaban J connectivity index is 1.95. The van der Waals surface area contributed by atoms with Crippen LogP contribution in [0.5, 0.6) is 0 Å². The van der Waals surface area contributed by atoms with Crippen molar-refractivity contribution in [3.63, 3.8) is 0 Å². The van der Waals surface area contributed by atoms with E-state index in [1.807, 2.05) is 0 Å². The van der Waals surface area contributed by atoms with Crippen molar-refractivity contribution in [2.75, 3.05) is 26.1 Å². The highest BCUT2D eigenvalue weighted by molar-refractivity contribution is 7.90. The van der Waals surface area contributed by atoms with E-state index in [4.69, 9.17) is 9.47 Å². The molecule has 164 valence electrons. The summed E-state index contributed by atoms with van der Waals surface area (Å²) in [6.07, 6.45) is 3.27. The number of rotatable bonds is 7. The topological polar surface area (TPSA) is 111 Å². The number of methoxy groups -OCH3 is 2. The third-order valence-corrected chi connectivity index (χ3v) is 8.32. The fourth-order valence-corrected chi connectivity index (χ4v) is 5.13. The van der Waals surface area contributed by atoms with Gasteiger partial charge in [-0.15, -0.1) is 11.3 Å². The number of carbonyl (C=O) groups excluding carboxylic acids is 2. The van der Waals surface area contributed by atoms with Gasteiger partial charge in [-0.25, -0.2) is 22.7 Å². The van der Waals surface area contributed by atoms with Gasteiger partial charge in [0.2, 0.25) is 10.0 Å². The van der Waals surface area contributed by atoms with Crippen LogP contribution in [-0.2, 0) is 19.5 Å². The van der Waals surface area contributed by atoms with Gasteiger partial charge in [0.15, 0.2) is 0 Å². The standard InChI is InChI=1S/C19H30N2O6S2/c1-19(2,3)29(24,25)21-13-8-6-12(7-9-13)10-20-14-11-28-16(18(23)27-5)15(14)17(22)26-4/h11-13,20-21H,6-10H2,1-5H3/t12-,13-. The highest BCUT2D eigenvalue weighted by atomic mass is 32.2. The largest absolute Gasteiger partial charge is 0.465 e. The fourth-order valence-electron chi connectivity index (χ4n) is 3.17. The van der Waals surface area contributed by atoms with Crippen LogP contribution in [-0.4, -0.2) is 51.9 Å². The lowest BCUT2D eigenvalue weighted by Crippen LogP contribution is -2.46. The van der Waals surface area contributed by atoms with Crippen molar-refractivity contribution in [3.05, 3.63) is 15.8 Å². The first kappa shape index (κ1) is 23.6. The number of nitrogens with one attached hydrogen (secondary N) is 2. The van der Waals surface area contributed by atoms with E-state index < -0.39 is 26.7 Å². The zero-order valence-corrected chi connectivity index (χ0v) is 19.2. The predicted octanol–water partition coefficient (Wildman–Crippen LogP) is 3.01. The molecule has 29 heavy (non-hydrogen) atoms. The van der Waals surface area contributed by atoms with Crippen LogP contribution in [0, 0.1) is 5.92 Å². The van der Waals surface area contributed by atoms with E-state index in [1.54, 1.807) is 26.2 Å². The molecule has 0 unspecified atom stereocenters. The molecule has 1 aromatic rings. The van der Waals surface area contributed by atoms with Gasteiger partial charge in [0.05, 0.1) is 24.7 Å². The van der Waals surface area contributed by atoms with Gasteiger partial charge in [-0.1, -0.05) is 0 Å². The summed E-state index contributed by atoms with van der Waals surface area (Å²) in [7, 11) is -0.821. The number of hydrogen-bond acceptors (Lipinski definition) is 8. The van der Waals surface area contributed by atoms with Crippen LogP contribution < -0.4 is 10.0 Å². The molecule has 1 saturated carbocycles. The van der Waals surface area contributed by atoms with Crippen molar-refractivity contribution in [1.29, 1.82) is 0 Å². The molecule has 0 aliphatic heterocycles. The van der Waals surface area contributed by atoms with Gasteiger partial charge < -0.3 is 14.8 Å². The molecule has 10 heteroatoms. The monoisotopic (exact) mass is 446 g/mol. The average Bonchev–Trinajstić information content (AvgIpc) is 3.09. The van der Waals surface area contributed by atoms with Gasteiger partial charge in [-0.3, -0.25) is 0 Å². The number of hydrogen-bond donors (Lipinski definition) is 2. The molecule has 1 aromatic heterocycles. The number of anilines is 1. The normalized spacial score (nSPS) is 20.2. The summed E-state index contributed by atoms with van der Waals surface area (Å²) in [5, 5.41) is 4.96. The fraction of sp³-hybridized carbons (Fsp3) is 0.684. The Morgan fingerprint density at radius 3 is 2.21 bits per heavy atom. The Morgan fingerprint density at radius 1 is 1.10 bits per heavy atom. The zero-order chi connectivity index (χ0) is 21.8. The molecule has 1 aliphatic carbocycles. The molecule has 8 nitrogen and oxygen atoms in total. The van der Waals surface area contributed by atoms with E-state index in [0.29, 0.717) is 18.2 Å². The zero-order valence-electron chi connectivity index (χ0n) is 17.5. The summed E-state index contributed by atoms with van der Waals surface area (Å²) < 4.78 is 36.2. The molecule has 0 spiro atoms. The van der Waals surface area contributed by atoms with Crippen LogP contribution in [0.1, 0.15) is 66.5 Å². The Kier molecular flexibility index (Phi) is 7.69. The number of ether oxygens (including phenoxy) is 2. The first-order chi connectivity index (χ1) is 13.5. The van der Waals surface area contributed by atoms with E-state index in [-0.39, 0.29) is 16.5 Å². The number of thiophene rings is 1. The van der Waals surface area contributed by atoms with Crippen LogP contribution in [0.15, 0.2) is 5.38 Å². The van der Waals surface area contributed by atoms with Crippen LogP contribution in [0.4, 0.5) is 5.69 Å². The summed E-state index contributed by atoms with van der Waals surface area (Å²) >= 11 is 1.13. The van der Waals surface area contributed by atoms with E-state index in [0.717, 1.165) is 37.0 Å². The Hall–Kier alpha value is -1.65. The molecular weight excluding hydrogens is 416 g/mol. The number of sulfonamides is 1. The maximum atomic E-state index is 12.3. The van der Waals surface area contributed by atoms with Crippen molar-refractivity contribution in [2.45, 2.75) is 57.2 Å². The van der Waals surface area contributed by atoms with Crippen molar-refractivity contribution in [1.82, 2.24) is 4.72 Å². The summed E-state index contributed by atoms with van der Waals surface area (Å²) in [5.74, 6) is -0.818. The van der Waals surface area contributed by atoms with Crippen molar-refractivity contribution in [3.8, 4) is 0 Å². The van der Waals surface area contributed by atoms with Crippen molar-refractivity contribution < 1.29 is 27.5 Å². The average molecular weight is 447 g/mol. The van der Waals surface area contributed by atoms with Crippen LogP contribution >= 0.6 is 11.3 Å². The molecule has 0 radical (unpaired) electrons. The van der Waals surface area contributed by atoms with E-state index >= 15 is 0 Å². The SMILES string of the molecule is COC(=O)c1scc(NC[C@H]2CC[C@H](NS(=O)(=O)C(C)(C)C)CC2)c1C(=O)OC. The molecular formula is C19H30N2O6S2. The maximum Gasteiger partial charge on any atom is 0.349 e. The second-order valence-corrected chi connectivity index (χ2v) is 11.5. The van der Waals surface area contributed by atoms with E-state index in [2.05, 4.69) is 10.0 Å². The van der Waals surface area contributed by atoms with E-state index in [9.17, 15) is 18.0 Å². The lowest BCUT2D eigenvalue weighted by Gasteiger charge is -2.31. The molecule has 0 atom stereocenters. The minimum Gasteiger partial charge on any atom is -0.465 e. The van der Waals surface area contributed by atoms with Crippen molar-refractivity contribution in [2.24, 2.45) is 5.92 Å². The first-order valence-corrected chi connectivity index (χ1v) is 11.9. The predicted molar refractivity (Wildman–Crippen MR) is 113 cm³/mol. The van der Waals surface area contributed by atoms with Crippen molar-refractivity contribution >= 4 is 39.0 Å². The minimum atomic E-state index is -3.36. The van der Waals surface area contributed by atoms with Gasteiger partial charge in [0.1, 0.15) is 10.4 Å². The quantitative estimate of drug-likeness (QED) is 0.619. The highest BCUT2D eigenvalue weighted by Crippen LogP contribution is 2.31. The molecule has 2 rings (SSSR count). The Labute approximate surface area is 176 Å². The molecule has 1 heterocycles. The molecule has 0 aromatic carbocycles. The molecule has 0 saturated heterocycles. The summed E-state index contributed by atoms with van der Waals surface area (Å²) in [6, 6.07) is -0.0480. The second kappa shape index (κ2) is 9.44. The van der Waals surface area contributed by atoms with Crippen LogP contribution in [0.3, 0.4) is 0 Å². The lowest BCUT2D eigenvalue weighted by atomic mass is 9.86. The van der Waals surface area contributed by atoms with Crippen LogP contribution in [0.2, 0.25) is 0 Å². The molecule has 0 bridgehead atoms. The summed E-state index contributed by atoms with van der Waals surface area (Å²) in [4.78, 5) is 24.2. The minimum absolute atomic E-state index is 0.0480. The molecule has 1 aliphatic rings. The third-order valence-electron chi connectivity index (χ3n) is 5.11. The van der Waals surface area contributed by atoms with Gasteiger partial charge >= 0.3 is 11.9 Å². The molecule has 2 N–H and O–H groups in total. The van der Waals surface area contributed by atoms with E-state index in [1.165, 1.54) is 14.2 Å². The van der Waals surface area contributed by atoms with Gasteiger partial charge in [0.25, 0.3) is 0 Å². The first-order valence-electron chi connectivity index (χ1n) is 9.54. The molecule has 1 fully saturated rings. The number of carbonyl (C=O) groups is 2. The van der Waals surface area contributed by atoms with Gasteiger partial charge in [-0.05, 0) is 52.4 Å². The van der Waals surface area contributed by atoms with Gasteiger partial charge in [0, 0.05) is 18.0 Å². The highest BCUT2D eigenvalue weighted by Gasteiger charge is 2.33. The van der Waals surface area contributed by atoms with Crippen LogP contribution in [0.25, 0.3) is 0 Å². The Bertz CT molecular complexity index is 833. The lowest BCUT2D eigenvalue weighted by molar-refractivity contribution is 0.0561. The maximum absolute atomic E-state index is 12.3. The second-order valence-electron chi connectivity index (χ2n) is 8.17. The summed E-state index contributed by atoms with van der Waals surface area (Å²) in [5.41, 5.74) is 0.744. The number of esters is 2. The van der Waals surface area contributed by atoms with Gasteiger partial charge in [-0.2, -0.15) is 0 Å². The third kappa shape index (κ3) is 5.70. The smallest absolute Gasteiger partial charge is 0.349 e.